The highest BCUT2D eigenvalue weighted by atomic mass is 32.2. The minimum Gasteiger partial charge on any atom is -0.461 e. The van der Waals surface area contributed by atoms with Crippen molar-refractivity contribution in [3.05, 3.63) is 60.0 Å². The fraction of sp³-hybridized carbons (Fsp3) is 0.176. The summed E-state index contributed by atoms with van der Waals surface area (Å²) in [6, 6.07) is 11.1. The number of aryl methyl sites for hydroxylation is 1. The SMILES string of the molecule is NS(=O)(=O)c1ccc(CCC(=O)OCc2cc(-c3ccco3)on2)cc1. The second-order valence-corrected chi connectivity index (χ2v) is 7.07. The molecule has 1 aromatic carbocycles. The molecule has 0 amide bonds. The molecule has 0 fully saturated rings. The molecule has 9 heteroatoms. The Balaban J connectivity index is 1.47. The number of rotatable bonds is 7. The van der Waals surface area contributed by atoms with E-state index in [0.29, 0.717) is 23.6 Å². The van der Waals surface area contributed by atoms with Gasteiger partial charge in [0.05, 0.1) is 11.2 Å². The molecule has 0 spiro atoms. The van der Waals surface area contributed by atoms with Crippen LogP contribution in [0, 0.1) is 0 Å². The number of aromatic nitrogens is 1. The minimum absolute atomic E-state index is 0.00655. The van der Waals surface area contributed by atoms with E-state index in [2.05, 4.69) is 5.16 Å². The van der Waals surface area contributed by atoms with Crippen LogP contribution in [0.3, 0.4) is 0 Å². The van der Waals surface area contributed by atoms with Crippen molar-refractivity contribution in [1.29, 1.82) is 0 Å². The van der Waals surface area contributed by atoms with Gasteiger partial charge in [-0.05, 0) is 36.2 Å². The van der Waals surface area contributed by atoms with E-state index < -0.39 is 16.0 Å². The normalized spacial score (nSPS) is 11.4. The molecule has 8 nitrogen and oxygen atoms in total. The lowest BCUT2D eigenvalue weighted by Gasteiger charge is -2.04. The van der Waals surface area contributed by atoms with Crippen molar-refractivity contribution in [2.45, 2.75) is 24.3 Å². The second-order valence-electron chi connectivity index (χ2n) is 5.51. The van der Waals surface area contributed by atoms with Crippen LogP contribution >= 0.6 is 0 Å². The predicted molar refractivity (Wildman–Crippen MR) is 90.1 cm³/mol. The lowest BCUT2D eigenvalue weighted by molar-refractivity contribution is -0.145. The molecule has 26 heavy (non-hydrogen) atoms. The summed E-state index contributed by atoms with van der Waals surface area (Å²) >= 11 is 0. The molecule has 3 aromatic rings. The smallest absolute Gasteiger partial charge is 0.306 e. The first-order valence-electron chi connectivity index (χ1n) is 7.68. The Bertz CT molecular complexity index is 975. The van der Waals surface area contributed by atoms with Crippen molar-refractivity contribution in [3.63, 3.8) is 0 Å². The summed E-state index contributed by atoms with van der Waals surface area (Å²) < 4.78 is 37.8. The summed E-state index contributed by atoms with van der Waals surface area (Å²) in [6.45, 7) is -0.00655. The average Bonchev–Trinajstić information content (AvgIpc) is 3.29. The Morgan fingerprint density at radius 1 is 1.15 bits per heavy atom. The van der Waals surface area contributed by atoms with Gasteiger partial charge in [-0.1, -0.05) is 17.3 Å². The van der Waals surface area contributed by atoms with E-state index in [-0.39, 0.29) is 17.9 Å². The van der Waals surface area contributed by atoms with Gasteiger partial charge in [0.1, 0.15) is 12.3 Å². The minimum atomic E-state index is -3.72. The molecule has 0 saturated carbocycles. The Labute approximate surface area is 149 Å². The molecule has 0 aliphatic heterocycles. The number of nitrogens with zero attached hydrogens (tertiary/aromatic N) is 1. The molecule has 0 radical (unpaired) electrons. The number of carbonyl (C=O) groups is 1. The highest BCUT2D eigenvalue weighted by molar-refractivity contribution is 7.89. The number of benzene rings is 1. The van der Waals surface area contributed by atoms with Gasteiger partial charge >= 0.3 is 5.97 Å². The van der Waals surface area contributed by atoms with E-state index in [1.54, 1.807) is 30.3 Å². The van der Waals surface area contributed by atoms with Crippen LogP contribution in [-0.2, 0) is 32.6 Å². The van der Waals surface area contributed by atoms with Crippen molar-refractivity contribution in [2.75, 3.05) is 0 Å². The van der Waals surface area contributed by atoms with Gasteiger partial charge < -0.3 is 13.7 Å². The first-order chi connectivity index (χ1) is 12.4. The van der Waals surface area contributed by atoms with Crippen LogP contribution in [0.4, 0.5) is 0 Å². The molecular formula is C17H16N2O6S. The van der Waals surface area contributed by atoms with E-state index in [1.165, 1.54) is 18.4 Å². The highest BCUT2D eigenvalue weighted by Gasteiger charge is 2.12. The Kier molecular flexibility index (Phi) is 5.19. The number of hydrogen-bond donors (Lipinski definition) is 1. The van der Waals surface area contributed by atoms with Gasteiger partial charge in [-0.15, -0.1) is 0 Å². The summed E-state index contributed by atoms with van der Waals surface area (Å²) in [4.78, 5) is 11.9. The quantitative estimate of drug-likeness (QED) is 0.627. The van der Waals surface area contributed by atoms with E-state index in [9.17, 15) is 13.2 Å². The van der Waals surface area contributed by atoms with Gasteiger partial charge in [0.15, 0.2) is 5.76 Å². The van der Waals surface area contributed by atoms with E-state index >= 15 is 0 Å². The fourth-order valence-corrected chi connectivity index (χ4v) is 2.75. The average molecular weight is 376 g/mol. The van der Waals surface area contributed by atoms with E-state index in [0.717, 1.165) is 5.56 Å². The van der Waals surface area contributed by atoms with Gasteiger partial charge in [0, 0.05) is 12.5 Å². The Morgan fingerprint density at radius 3 is 2.58 bits per heavy atom. The lowest BCUT2D eigenvalue weighted by atomic mass is 10.1. The maximum absolute atomic E-state index is 11.8. The molecule has 2 aromatic heterocycles. The molecular weight excluding hydrogens is 360 g/mol. The number of carbonyl (C=O) groups excluding carboxylic acids is 1. The van der Waals surface area contributed by atoms with Crippen LogP contribution < -0.4 is 5.14 Å². The second kappa shape index (κ2) is 7.54. The monoisotopic (exact) mass is 376 g/mol. The third-order valence-corrected chi connectivity index (χ3v) is 4.50. The molecule has 0 unspecified atom stereocenters. The summed E-state index contributed by atoms with van der Waals surface area (Å²) in [6.07, 6.45) is 2.09. The number of primary sulfonamides is 1. The van der Waals surface area contributed by atoms with Crippen molar-refractivity contribution < 1.29 is 26.9 Å². The summed E-state index contributed by atoms with van der Waals surface area (Å²) in [5, 5.41) is 8.85. The largest absolute Gasteiger partial charge is 0.461 e. The summed E-state index contributed by atoms with van der Waals surface area (Å²) in [5.41, 5.74) is 1.28. The number of ether oxygens (including phenoxy) is 1. The van der Waals surface area contributed by atoms with Crippen LogP contribution in [0.1, 0.15) is 17.7 Å². The fourth-order valence-electron chi connectivity index (χ4n) is 2.23. The molecule has 2 heterocycles. The van der Waals surface area contributed by atoms with Gasteiger partial charge in [0.2, 0.25) is 15.8 Å². The molecule has 0 saturated heterocycles. The molecule has 3 rings (SSSR count). The Morgan fingerprint density at radius 2 is 1.92 bits per heavy atom. The standard InChI is InChI=1S/C17H16N2O6S/c18-26(21,22)14-6-3-12(4-7-14)5-8-17(20)24-11-13-10-16(25-19-13)15-2-1-9-23-15/h1-4,6-7,9-10H,5,8,11H2,(H2,18,21,22). The zero-order chi connectivity index (χ0) is 18.6. The predicted octanol–water partition coefficient (Wildman–Crippen LogP) is 2.26. The van der Waals surface area contributed by atoms with Crippen LogP contribution in [0.5, 0.6) is 0 Å². The van der Waals surface area contributed by atoms with Crippen LogP contribution in [0.15, 0.2) is 62.6 Å². The Hall–Kier alpha value is -2.91. The van der Waals surface area contributed by atoms with Crippen LogP contribution in [0.2, 0.25) is 0 Å². The highest BCUT2D eigenvalue weighted by Crippen LogP contribution is 2.20. The van der Waals surface area contributed by atoms with Crippen LogP contribution in [0.25, 0.3) is 11.5 Å². The number of sulfonamides is 1. The van der Waals surface area contributed by atoms with E-state index in [1.807, 2.05) is 0 Å². The van der Waals surface area contributed by atoms with Crippen molar-refractivity contribution in [2.24, 2.45) is 5.14 Å². The number of esters is 1. The molecule has 0 aliphatic carbocycles. The number of furan rings is 1. The van der Waals surface area contributed by atoms with Crippen molar-refractivity contribution in [3.8, 4) is 11.5 Å². The summed E-state index contributed by atoms with van der Waals surface area (Å²) in [5.74, 6) is 0.595. The van der Waals surface area contributed by atoms with Gasteiger partial charge in [-0.3, -0.25) is 4.79 Å². The van der Waals surface area contributed by atoms with Crippen molar-refractivity contribution in [1.82, 2.24) is 5.16 Å². The molecule has 0 aliphatic rings. The van der Waals surface area contributed by atoms with Gasteiger partial charge in [-0.2, -0.15) is 0 Å². The summed E-state index contributed by atoms with van der Waals surface area (Å²) in [7, 11) is -3.72. The molecule has 0 atom stereocenters. The van der Waals surface area contributed by atoms with E-state index in [4.69, 9.17) is 18.8 Å². The third-order valence-electron chi connectivity index (χ3n) is 3.57. The van der Waals surface area contributed by atoms with Crippen LogP contribution in [-0.4, -0.2) is 19.5 Å². The van der Waals surface area contributed by atoms with Gasteiger partial charge in [-0.25, -0.2) is 13.6 Å². The third kappa shape index (κ3) is 4.58. The molecule has 2 N–H and O–H groups in total. The topological polar surface area (TPSA) is 126 Å². The molecule has 136 valence electrons. The molecule has 0 bridgehead atoms. The number of nitrogens with two attached hydrogens (primary N) is 1. The van der Waals surface area contributed by atoms with Gasteiger partial charge in [0.25, 0.3) is 0 Å². The maximum Gasteiger partial charge on any atom is 0.306 e. The lowest BCUT2D eigenvalue weighted by Crippen LogP contribution is -2.12. The first kappa shape index (κ1) is 17.9. The zero-order valence-corrected chi connectivity index (χ0v) is 14.4. The zero-order valence-electron chi connectivity index (χ0n) is 13.6. The maximum atomic E-state index is 11.8. The number of hydrogen-bond acceptors (Lipinski definition) is 7. The van der Waals surface area contributed by atoms with Crippen molar-refractivity contribution >= 4 is 16.0 Å². The first-order valence-corrected chi connectivity index (χ1v) is 9.23.